The van der Waals surface area contributed by atoms with Crippen LogP contribution in [-0.2, 0) is 4.79 Å². The van der Waals surface area contributed by atoms with Crippen LogP contribution >= 0.6 is 0 Å². The second-order valence-corrected chi connectivity index (χ2v) is 5.35. The molecule has 1 aliphatic rings. The van der Waals surface area contributed by atoms with Crippen LogP contribution in [0.4, 0.5) is 0 Å². The smallest absolute Gasteiger partial charge is 0.323 e. The highest BCUT2D eigenvalue weighted by atomic mass is 16.4. The molecule has 1 aliphatic carbocycles. The monoisotopic (exact) mass is 268 g/mol. The summed E-state index contributed by atoms with van der Waals surface area (Å²) in [5.74, 6) is -0.0614. The molecule has 0 unspecified atom stereocenters. The maximum absolute atomic E-state index is 11.5. The molecule has 108 valence electrons. The summed E-state index contributed by atoms with van der Waals surface area (Å²) >= 11 is 0. The first kappa shape index (κ1) is 15.8. The Balaban J connectivity index is 2.43. The fraction of sp³-hybridized carbons (Fsp3) is 0.923. The maximum Gasteiger partial charge on any atom is 0.323 e. The standard InChI is InChI=1S/C13H24N4O2/c1-2-4-11-5-7-13(8-6-11,12(18)19)15-9-3-10-16-17-14/h11,15H,2-10H2,1H3,(H,18,19). The van der Waals surface area contributed by atoms with Crippen LogP contribution in [0.1, 0.15) is 51.9 Å². The summed E-state index contributed by atoms with van der Waals surface area (Å²) in [5, 5.41) is 16.1. The fourth-order valence-electron chi connectivity index (χ4n) is 2.86. The lowest BCUT2D eigenvalue weighted by Gasteiger charge is -2.37. The Hall–Kier alpha value is -1.26. The molecule has 1 rings (SSSR count). The van der Waals surface area contributed by atoms with Gasteiger partial charge in [0.25, 0.3) is 0 Å². The van der Waals surface area contributed by atoms with E-state index >= 15 is 0 Å². The number of rotatable bonds is 8. The third-order valence-electron chi connectivity index (χ3n) is 4.03. The Morgan fingerprint density at radius 2 is 2.21 bits per heavy atom. The third kappa shape index (κ3) is 4.73. The van der Waals surface area contributed by atoms with Crippen LogP contribution in [0.5, 0.6) is 0 Å². The van der Waals surface area contributed by atoms with Gasteiger partial charge in [-0.1, -0.05) is 24.9 Å². The van der Waals surface area contributed by atoms with E-state index in [0.29, 0.717) is 38.3 Å². The minimum Gasteiger partial charge on any atom is -0.480 e. The van der Waals surface area contributed by atoms with Crippen LogP contribution < -0.4 is 5.32 Å². The molecule has 1 saturated carbocycles. The lowest BCUT2D eigenvalue weighted by atomic mass is 9.75. The number of azide groups is 1. The third-order valence-corrected chi connectivity index (χ3v) is 4.03. The van der Waals surface area contributed by atoms with Gasteiger partial charge in [-0.3, -0.25) is 4.79 Å². The van der Waals surface area contributed by atoms with E-state index in [9.17, 15) is 9.90 Å². The highest BCUT2D eigenvalue weighted by molar-refractivity contribution is 5.78. The van der Waals surface area contributed by atoms with Gasteiger partial charge in [-0.15, -0.1) is 0 Å². The quantitative estimate of drug-likeness (QED) is 0.306. The van der Waals surface area contributed by atoms with Gasteiger partial charge in [0.05, 0.1) is 0 Å². The lowest BCUT2D eigenvalue weighted by molar-refractivity contribution is -0.146. The summed E-state index contributed by atoms with van der Waals surface area (Å²) < 4.78 is 0. The Morgan fingerprint density at radius 3 is 2.74 bits per heavy atom. The topological polar surface area (TPSA) is 98.1 Å². The van der Waals surface area contributed by atoms with E-state index in [1.165, 1.54) is 12.8 Å². The first-order valence-corrected chi connectivity index (χ1v) is 7.14. The molecule has 0 spiro atoms. The van der Waals surface area contributed by atoms with E-state index < -0.39 is 11.5 Å². The molecule has 6 heteroatoms. The molecule has 0 aromatic heterocycles. The van der Waals surface area contributed by atoms with Crippen molar-refractivity contribution < 1.29 is 9.90 Å². The van der Waals surface area contributed by atoms with Crippen molar-refractivity contribution in [2.24, 2.45) is 11.0 Å². The average molecular weight is 268 g/mol. The molecule has 0 saturated heterocycles. The zero-order valence-electron chi connectivity index (χ0n) is 11.6. The zero-order valence-corrected chi connectivity index (χ0v) is 11.6. The number of carboxylic acids is 1. The van der Waals surface area contributed by atoms with E-state index in [1.54, 1.807) is 0 Å². The molecule has 0 aromatic carbocycles. The molecule has 0 bridgehead atoms. The lowest BCUT2D eigenvalue weighted by Crippen LogP contribution is -2.54. The van der Waals surface area contributed by atoms with Gasteiger partial charge in [0.15, 0.2) is 0 Å². The molecule has 0 aromatic rings. The van der Waals surface area contributed by atoms with Gasteiger partial charge in [-0.2, -0.15) is 0 Å². The van der Waals surface area contributed by atoms with Gasteiger partial charge in [0, 0.05) is 11.5 Å². The van der Waals surface area contributed by atoms with Crippen molar-refractivity contribution in [2.45, 2.75) is 57.4 Å². The summed E-state index contributed by atoms with van der Waals surface area (Å²) in [6.45, 7) is 3.18. The number of nitrogens with one attached hydrogen (secondary N) is 1. The van der Waals surface area contributed by atoms with Crippen LogP contribution in [-0.4, -0.2) is 29.7 Å². The Bertz CT molecular complexity index is 332. The Labute approximate surface area is 114 Å². The van der Waals surface area contributed by atoms with E-state index in [-0.39, 0.29) is 0 Å². The molecule has 0 heterocycles. The van der Waals surface area contributed by atoms with Crippen molar-refractivity contribution in [3.05, 3.63) is 10.4 Å². The summed E-state index contributed by atoms with van der Waals surface area (Å²) in [5.41, 5.74) is 7.41. The number of carbonyl (C=O) groups is 1. The summed E-state index contributed by atoms with van der Waals surface area (Å²) in [6.07, 6.45) is 6.43. The molecule has 1 fully saturated rings. The van der Waals surface area contributed by atoms with Gasteiger partial charge < -0.3 is 10.4 Å². The SMILES string of the molecule is CCCC1CCC(NCCCN=[N+]=[N-])(C(=O)O)CC1. The van der Waals surface area contributed by atoms with Crippen LogP contribution in [0, 0.1) is 5.92 Å². The van der Waals surface area contributed by atoms with Gasteiger partial charge in [-0.25, -0.2) is 0 Å². The number of aliphatic carboxylic acids is 1. The van der Waals surface area contributed by atoms with Gasteiger partial charge in [-0.05, 0) is 50.1 Å². The molecule has 6 nitrogen and oxygen atoms in total. The maximum atomic E-state index is 11.5. The van der Waals surface area contributed by atoms with E-state index in [1.807, 2.05) is 0 Å². The average Bonchev–Trinajstić information content (AvgIpc) is 2.40. The van der Waals surface area contributed by atoms with Crippen molar-refractivity contribution in [1.82, 2.24) is 5.32 Å². The number of carboxylic acid groups (broad SMARTS) is 1. The first-order chi connectivity index (χ1) is 9.14. The summed E-state index contributed by atoms with van der Waals surface area (Å²) in [7, 11) is 0. The zero-order chi connectivity index (χ0) is 14.1. The van der Waals surface area contributed by atoms with Crippen LogP contribution in [0.15, 0.2) is 5.11 Å². The van der Waals surface area contributed by atoms with Gasteiger partial charge in [0.1, 0.15) is 5.54 Å². The molecular weight excluding hydrogens is 244 g/mol. The van der Waals surface area contributed by atoms with Crippen LogP contribution in [0.25, 0.3) is 10.4 Å². The van der Waals surface area contributed by atoms with Crippen molar-refractivity contribution in [1.29, 1.82) is 0 Å². The van der Waals surface area contributed by atoms with E-state index in [4.69, 9.17) is 5.53 Å². The highest BCUT2D eigenvalue weighted by Crippen LogP contribution is 2.34. The largest absolute Gasteiger partial charge is 0.480 e. The van der Waals surface area contributed by atoms with Crippen molar-refractivity contribution in [2.75, 3.05) is 13.1 Å². The second kappa shape index (κ2) is 8.02. The Kier molecular flexibility index (Phi) is 6.67. The highest BCUT2D eigenvalue weighted by Gasteiger charge is 2.41. The van der Waals surface area contributed by atoms with Gasteiger partial charge in [0.2, 0.25) is 0 Å². The van der Waals surface area contributed by atoms with Crippen molar-refractivity contribution in [3.8, 4) is 0 Å². The molecule has 2 N–H and O–H groups in total. The van der Waals surface area contributed by atoms with Crippen LogP contribution in [0.2, 0.25) is 0 Å². The first-order valence-electron chi connectivity index (χ1n) is 7.14. The fourth-order valence-corrected chi connectivity index (χ4v) is 2.86. The normalized spacial score (nSPS) is 26.7. The van der Waals surface area contributed by atoms with E-state index in [2.05, 4.69) is 22.3 Å². The minimum atomic E-state index is -0.763. The number of nitrogens with zero attached hydrogens (tertiary/aromatic N) is 3. The minimum absolute atomic E-state index is 0.414. The number of hydrogen-bond donors (Lipinski definition) is 2. The molecule has 0 amide bonds. The van der Waals surface area contributed by atoms with Crippen molar-refractivity contribution in [3.63, 3.8) is 0 Å². The molecule has 19 heavy (non-hydrogen) atoms. The molecule has 0 radical (unpaired) electrons. The van der Waals surface area contributed by atoms with E-state index in [0.717, 1.165) is 12.8 Å². The predicted molar refractivity (Wildman–Crippen MR) is 73.9 cm³/mol. The molecule has 0 atom stereocenters. The summed E-state index contributed by atoms with van der Waals surface area (Å²) in [6, 6.07) is 0. The summed E-state index contributed by atoms with van der Waals surface area (Å²) in [4.78, 5) is 14.2. The van der Waals surface area contributed by atoms with Crippen LogP contribution in [0.3, 0.4) is 0 Å². The van der Waals surface area contributed by atoms with Crippen molar-refractivity contribution >= 4 is 5.97 Å². The number of hydrogen-bond acceptors (Lipinski definition) is 3. The molecule has 0 aliphatic heterocycles. The molecular formula is C13H24N4O2. The Morgan fingerprint density at radius 1 is 1.53 bits per heavy atom. The second-order valence-electron chi connectivity index (χ2n) is 5.35. The predicted octanol–water partition coefficient (Wildman–Crippen LogP) is 3.09. The van der Waals surface area contributed by atoms with Gasteiger partial charge >= 0.3 is 5.97 Å².